The number of benzene rings is 14. The Hall–Kier alpha value is -12.1. The second-order valence-electron chi connectivity index (χ2n) is 23.9. The van der Waals surface area contributed by atoms with Crippen LogP contribution in [0.1, 0.15) is 48.5 Å². The van der Waals surface area contributed by atoms with Crippen LogP contribution >= 0.6 is 0 Å². The largest absolute Gasteiger partial charge is 0.457 e. The van der Waals surface area contributed by atoms with E-state index in [0.717, 1.165) is 119 Å². The Morgan fingerprint density at radius 2 is 0.670 bits per heavy atom. The molecule has 0 radical (unpaired) electrons. The lowest BCUT2D eigenvalue weighted by Gasteiger charge is -2.26. The van der Waals surface area contributed by atoms with Gasteiger partial charge in [-0.2, -0.15) is 0 Å². The number of ketones is 2. The Morgan fingerprint density at radius 3 is 1.19 bits per heavy atom. The van der Waals surface area contributed by atoms with E-state index in [-0.39, 0.29) is 11.6 Å². The smallest absolute Gasteiger partial charge is 0.194 e. The molecule has 22 rings (SSSR count). The van der Waals surface area contributed by atoms with Crippen molar-refractivity contribution in [3.63, 3.8) is 0 Å². The fourth-order valence-corrected chi connectivity index (χ4v) is 14.6. The summed E-state index contributed by atoms with van der Waals surface area (Å²) in [6.07, 6.45) is 3.80. The SMILES string of the molecule is C1=Nc2cc3nc4c(nc3cc2C1)-c1cccc2cccc-4c12.O=C1c2ccccc2-c2ccc3c4c(ccc1c24)-c1ccccc1C3=O.c1ccc2c(c1)Cc1cc3ccccc3cc1O2.c1ccc2cc3nc4c(nc3cc2c1)-c1cccc2cccc-4c12. The molecule has 0 saturated carbocycles. The average Bonchev–Trinajstić information content (AvgIpc) is 1.59. The minimum atomic E-state index is 0.0307. The van der Waals surface area contributed by atoms with E-state index >= 15 is 0 Å². The number of ether oxygens (including phenoxy) is 1. The summed E-state index contributed by atoms with van der Waals surface area (Å²) in [5, 5.41) is 11.8. The number of aromatic nitrogens is 4. The van der Waals surface area contributed by atoms with E-state index in [1.807, 2.05) is 91.1 Å². The van der Waals surface area contributed by atoms with Crippen molar-refractivity contribution in [3.8, 4) is 78.8 Å². The Morgan fingerprint density at radius 1 is 0.275 bits per heavy atom. The highest BCUT2D eigenvalue weighted by Crippen LogP contribution is 2.50. The molecule has 0 N–H and O–H groups in total. The minimum absolute atomic E-state index is 0.0307. The maximum atomic E-state index is 13.1. The second kappa shape index (κ2) is 19.7. The molecule has 0 spiro atoms. The predicted octanol–water partition coefficient (Wildman–Crippen LogP) is 20.1. The summed E-state index contributed by atoms with van der Waals surface area (Å²) >= 11 is 0. The number of carbonyl (C=O) groups is 2. The van der Waals surface area contributed by atoms with Gasteiger partial charge in [0.2, 0.25) is 0 Å². The van der Waals surface area contributed by atoms with Crippen molar-refractivity contribution in [2.24, 2.45) is 4.99 Å². The lowest BCUT2D eigenvalue weighted by molar-refractivity contribution is 0.103. The topological polar surface area (TPSA) is 107 Å². The number of hydrogen-bond acceptors (Lipinski definition) is 8. The molecule has 4 heterocycles. The van der Waals surface area contributed by atoms with Gasteiger partial charge >= 0.3 is 0 Å². The highest BCUT2D eigenvalue weighted by atomic mass is 16.5. The number of hydrogen-bond donors (Lipinski definition) is 0. The molecule has 0 amide bonds. The molecular formula is C83H47N5O3. The molecule has 2 aromatic heterocycles. The van der Waals surface area contributed by atoms with Crippen LogP contribution in [0.15, 0.2) is 260 Å². The molecule has 0 atom stereocenters. The van der Waals surface area contributed by atoms with Gasteiger partial charge in [0.1, 0.15) is 11.5 Å². The molecule has 4 aliphatic carbocycles. The standard InChI is InChI=1S/C24H12O2.C22H12N2.C20H11N3.C17H12O/c25-23-17-7-3-1-5-13(17)15-9-11-20-22-16(10-12-19(23)21(15)22)14-6-2-4-8-18(14)24(20)26;1-2-6-15-12-19-18(11-14(15)5-1)23-21-16-9-3-7-13-8-4-10-17(20(13)16)22(21)24-19;1-3-11-4-2-6-14-18(11)13(5-1)19-20(14)23-17-10-15-12(7-8-21-15)9-16(17)22-19;1-2-6-13-11-17-15(9-12(13)5-1)10-14-7-3-4-8-16(14)18-17/h1-12H;1-12H;1-6,8-10H,7H2;1-9,11H,10H2. The van der Waals surface area contributed by atoms with Gasteiger partial charge in [-0.1, -0.05) is 200 Å². The molecule has 91 heavy (non-hydrogen) atoms. The summed E-state index contributed by atoms with van der Waals surface area (Å²) in [6.45, 7) is 0. The van der Waals surface area contributed by atoms with E-state index in [2.05, 4.69) is 175 Å². The lowest BCUT2D eigenvalue weighted by Crippen LogP contribution is -2.15. The molecule has 8 heteroatoms. The van der Waals surface area contributed by atoms with Crippen LogP contribution in [-0.4, -0.2) is 37.7 Å². The van der Waals surface area contributed by atoms with Gasteiger partial charge in [0.25, 0.3) is 0 Å². The van der Waals surface area contributed by atoms with Crippen LogP contribution in [0.2, 0.25) is 0 Å². The maximum Gasteiger partial charge on any atom is 0.194 e. The third kappa shape index (κ3) is 7.86. The first-order valence-electron chi connectivity index (χ1n) is 30.7. The Bertz CT molecular complexity index is 5740. The Balaban J connectivity index is 0.0000000877. The van der Waals surface area contributed by atoms with Gasteiger partial charge in [-0.15, -0.1) is 0 Å². The predicted molar refractivity (Wildman–Crippen MR) is 367 cm³/mol. The molecule has 0 unspecified atom stereocenters. The summed E-state index contributed by atoms with van der Waals surface area (Å²) < 4.78 is 5.99. The third-order valence-corrected chi connectivity index (χ3v) is 18.8. The second-order valence-corrected chi connectivity index (χ2v) is 23.9. The van der Waals surface area contributed by atoms with E-state index in [4.69, 9.17) is 24.7 Å². The van der Waals surface area contributed by atoms with Crippen molar-refractivity contribution >= 4 is 99.4 Å². The van der Waals surface area contributed by atoms with E-state index in [1.165, 1.54) is 82.0 Å². The fraction of sp³-hybridized carbons (Fsp3) is 0.0241. The van der Waals surface area contributed by atoms with Crippen LogP contribution in [0.4, 0.5) is 5.69 Å². The maximum absolute atomic E-state index is 13.1. The van der Waals surface area contributed by atoms with Gasteiger partial charge < -0.3 is 4.74 Å². The first-order valence-corrected chi connectivity index (χ1v) is 30.7. The minimum Gasteiger partial charge on any atom is -0.457 e. The van der Waals surface area contributed by atoms with Crippen molar-refractivity contribution < 1.29 is 14.3 Å². The van der Waals surface area contributed by atoms with Gasteiger partial charge in [-0.3, -0.25) is 14.6 Å². The zero-order chi connectivity index (χ0) is 60.0. The van der Waals surface area contributed by atoms with Crippen molar-refractivity contribution in [3.05, 3.63) is 294 Å². The first-order chi connectivity index (χ1) is 44.9. The van der Waals surface area contributed by atoms with Crippen LogP contribution in [0.5, 0.6) is 11.5 Å². The monoisotopic (exact) mass is 1160 g/mol. The third-order valence-electron chi connectivity index (χ3n) is 18.8. The summed E-state index contributed by atoms with van der Waals surface area (Å²) in [5.74, 6) is 2.04. The number of aliphatic imine (C=N–C) groups is 1. The summed E-state index contributed by atoms with van der Waals surface area (Å²) in [4.78, 5) is 50.4. The lowest BCUT2D eigenvalue weighted by atomic mass is 9.76. The van der Waals surface area contributed by atoms with Gasteiger partial charge in [0.05, 0.1) is 50.5 Å². The molecule has 0 fully saturated rings. The van der Waals surface area contributed by atoms with Gasteiger partial charge in [-0.25, -0.2) is 19.9 Å². The van der Waals surface area contributed by atoms with E-state index in [9.17, 15) is 9.59 Å². The fourth-order valence-electron chi connectivity index (χ4n) is 14.6. The molecule has 422 valence electrons. The summed E-state index contributed by atoms with van der Waals surface area (Å²) in [7, 11) is 0. The number of fused-ring (bicyclic) bond motifs is 17. The first kappa shape index (κ1) is 51.0. The molecule has 8 nitrogen and oxygen atoms in total. The van der Waals surface area contributed by atoms with Crippen LogP contribution in [0.25, 0.3) is 143 Å². The van der Waals surface area contributed by atoms with Gasteiger partial charge in [0, 0.05) is 85.1 Å². The Labute approximate surface area is 521 Å². The highest BCUT2D eigenvalue weighted by Gasteiger charge is 2.33. The number of nitrogens with zero attached hydrogens (tertiary/aromatic N) is 5. The van der Waals surface area contributed by atoms with Gasteiger partial charge in [-0.05, 0) is 126 Å². The number of para-hydroxylation sites is 1. The normalized spacial score (nSPS) is 13.1. The Kier molecular flexibility index (Phi) is 11.0. The summed E-state index contributed by atoms with van der Waals surface area (Å²) in [6, 6.07) is 86.7. The van der Waals surface area contributed by atoms with Crippen LogP contribution in [-0.2, 0) is 12.8 Å². The van der Waals surface area contributed by atoms with E-state index < -0.39 is 0 Å². The molecule has 16 aromatic rings. The highest BCUT2D eigenvalue weighted by molar-refractivity contribution is 6.33. The number of carbonyl (C=O) groups excluding carboxylic acids is 2. The molecule has 2 aliphatic heterocycles. The van der Waals surface area contributed by atoms with Crippen LogP contribution in [0, 0.1) is 0 Å². The average molecular weight is 1160 g/mol. The van der Waals surface area contributed by atoms with Crippen molar-refractivity contribution in [2.45, 2.75) is 12.8 Å². The zero-order valence-corrected chi connectivity index (χ0v) is 48.7. The van der Waals surface area contributed by atoms with Crippen molar-refractivity contribution in [1.82, 2.24) is 19.9 Å². The van der Waals surface area contributed by atoms with E-state index in [0.29, 0.717) is 11.1 Å². The molecule has 14 aromatic carbocycles. The quantitative estimate of drug-likeness (QED) is 0.139. The van der Waals surface area contributed by atoms with Crippen molar-refractivity contribution in [1.29, 1.82) is 0 Å². The molecule has 0 bridgehead atoms. The van der Waals surface area contributed by atoms with Crippen molar-refractivity contribution in [2.75, 3.05) is 0 Å². The van der Waals surface area contributed by atoms with Gasteiger partial charge in [0.15, 0.2) is 11.6 Å². The summed E-state index contributed by atoms with van der Waals surface area (Å²) in [5.41, 5.74) is 24.1. The molecule has 6 aliphatic rings. The van der Waals surface area contributed by atoms with E-state index in [1.54, 1.807) is 0 Å². The number of rotatable bonds is 0. The molecule has 0 saturated heterocycles. The van der Waals surface area contributed by atoms with Crippen LogP contribution < -0.4 is 4.74 Å². The van der Waals surface area contributed by atoms with Crippen LogP contribution in [0.3, 0.4) is 0 Å². The molecular weight excluding hydrogens is 1110 g/mol. The zero-order valence-electron chi connectivity index (χ0n) is 48.7.